The molecular weight excluding hydrogens is 331 g/mol. The summed E-state index contributed by atoms with van der Waals surface area (Å²) in [5.74, 6) is -0.307. The monoisotopic (exact) mass is 347 g/mol. The zero-order valence-electron chi connectivity index (χ0n) is 12.7. The van der Waals surface area contributed by atoms with Gasteiger partial charge >= 0.3 is 18.2 Å². The van der Waals surface area contributed by atoms with E-state index >= 15 is 0 Å². The Hall–Kier alpha value is -2.45. The lowest BCUT2D eigenvalue weighted by atomic mass is 10.2. The number of carbonyl (C=O) groups excluding carboxylic acids is 1. The number of alkyl halides is 3. The van der Waals surface area contributed by atoms with Gasteiger partial charge < -0.3 is 14.6 Å². The van der Waals surface area contributed by atoms with E-state index in [0.717, 1.165) is 17.0 Å². The van der Waals surface area contributed by atoms with E-state index < -0.39 is 35.9 Å². The highest BCUT2D eigenvalue weighted by Crippen LogP contribution is 2.31. The standard InChI is InChI=1S/C15H16F3NO5/c1-9(20)23-8-11-6-13(7-19(11)14(21)22)24-12-4-2-10(3-5-12)15(16,17)18/h2-5,11,13H,6-8H2,1H3,(H,21,22)/t11-,13+/m0/s1. The van der Waals surface area contributed by atoms with E-state index in [1.54, 1.807) is 0 Å². The predicted molar refractivity (Wildman–Crippen MR) is 75.6 cm³/mol. The Bertz CT molecular complexity index is 602. The minimum atomic E-state index is -4.43. The van der Waals surface area contributed by atoms with Crippen molar-refractivity contribution in [3.8, 4) is 5.75 Å². The van der Waals surface area contributed by atoms with E-state index in [2.05, 4.69) is 0 Å². The van der Waals surface area contributed by atoms with Crippen molar-refractivity contribution in [2.75, 3.05) is 13.2 Å². The smallest absolute Gasteiger partial charge is 0.416 e. The molecule has 1 aliphatic heterocycles. The molecule has 1 saturated heterocycles. The fourth-order valence-corrected chi connectivity index (χ4v) is 2.48. The van der Waals surface area contributed by atoms with Crippen LogP contribution in [-0.4, -0.2) is 47.4 Å². The third-order valence-corrected chi connectivity index (χ3v) is 3.59. The molecule has 0 aromatic heterocycles. The number of hydrogen-bond acceptors (Lipinski definition) is 4. The van der Waals surface area contributed by atoms with Gasteiger partial charge in [-0.05, 0) is 24.3 Å². The maximum Gasteiger partial charge on any atom is 0.416 e. The normalized spacial score (nSPS) is 20.8. The Morgan fingerprint density at radius 2 is 1.92 bits per heavy atom. The molecule has 6 nitrogen and oxygen atoms in total. The lowest BCUT2D eigenvalue weighted by molar-refractivity contribution is -0.142. The highest BCUT2D eigenvalue weighted by atomic mass is 19.4. The van der Waals surface area contributed by atoms with Gasteiger partial charge in [0.25, 0.3) is 0 Å². The van der Waals surface area contributed by atoms with Crippen molar-refractivity contribution in [2.24, 2.45) is 0 Å². The summed E-state index contributed by atoms with van der Waals surface area (Å²) >= 11 is 0. The first-order valence-corrected chi connectivity index (χ1v) is 7.13. The van der Waals surface area contributed by atoms with Gasteiger partial charge in [0.1, 0.15) is 18.5 Å². The highest BCUT2D eigenvalue weighted by molar-refractivity contribution is 5.67. The number of carboxylic acid groups (broad SMARTS) is 1. The number of hydrogen-bond donors (Lipinski definition) is 1. The van der Waals surface area contributed by atoms with Crippen molar-refractivity contribution < 1.29 is 37.3 Å². The third kappa shape index (κ3) is 4.53. The number of rotatable bonds is 4. The van der Waals surface area contributed by atoms with Crippen LogP contribution in [-0.2, 0) is 15.7 Å². The summed E-state index contributed by atoms with van der Waals surface area (Å²) in [6, 6.07) is 3.62. The molecule has 1 aliphatic rings. The average molecular weight is 347 g/mol. The van der Waals surface area contributed by atoms with Crippen molar-refractivity contribution >= 4 is 12.1 Å². The molecule has 1 N–H and O–H groups in total. The molecule has 2 atom stereocenters. The maximum atomic E-state index is 12.5. The van der Waals surface area contributed by atoms with Gasteiger partial charge in [0.2, 0.25) is 0 Å². The molecule has 0 spiro atoms. The summed E-state index contributed by atoms with van der Waals surface area (Å²) in [5, 5.41) is 9.16. The zero-order chi connectivity index (χ0) is 17.9. The fraction of sp³-hybridized carbons (Fsp3) is 0.467. The molecule has 24 heavy (non-hydrogen) atoms. The molecule has 0 aliphatic carbocycles. The summed E-state index contributed by atoms with van der Waals surface area (Å²) in [4.78, 5) is 23.2. The molecule has 1 aromatic rings. The largest absolute Gasteiger partial charge is 0.489 e. The lowest BCUT2D eigenvalue weighted by Crippen LogP contribution is -2.38. The quantitative estimate of drug-likeness (QED) is 0.848. The van der Waals surface area contributed by atoms with Crippen LogP contribution in [0.2, 0.25) is 0 Å². The Morgan fingerprint density at radius 1 is 1.29 bits per heavy atom. The van der Waals surface area contributed by atoms with Gasteiger partial charge in [0.05, 0.1) is 18.2 Å². The van der Waals surface area contributed by atoms with Crippen LogP contribution >= 0.6 is 0 Å². The van der Waals surface area contributed by atoms with Crippen LogP contribution in [0, 0.1) is 0 Å². The van der Waals surface area contributed by atoms with E-state index in [9.17, 15) is 22.8 Å². The van der Waals surface area contributed by atoms with E-state index in [0.29, 0.717) is 0 Å². The number of esters is 1. The summed E-state index contributed by atoms with van der Waals surface area (Å²) in [7, 11) is 0. The molecule has 2 rings (SSSR count). The molecule has 1 aromatic carbocycles. The van der Waals surface area contributed by atoms with Gasteiger partial charge in [0, 0.05) is 13.3 Å². The van der Waals surface area contributed by atoms with Crippen molar-refractivity contribution in [1.82, 2.24) is 4.90 Å². The maximum absolute atomic E-state index is 12.5. The number of ether oxygens (including phenoxy) is 2. The number of halogens is 3. The third-order valence-electron chi connectivity index (χ3n) is 3.59. The molecule has 1 fully saturated rings. The second-order valence-electron chi connectivity index (χ2n) is 5.39. The fourth-order valence-electron chi connectivity index (χ4n) is 2.48. The molecule has 9 heteroatoms. The number of nitrogens with zero attached hydrogens (tertiary/aromatic N) is 1. The van der Waals surface area contributed by atoms with Crippen LogP contribution in [0.25, 0.3) is 0 Å². The van der Waals surface area contributed by atoms with Crippen LogP contribution in [0.15, 0.2) is 24.3 Å². The Labute approximate surface area is 135 Å². The zero-order valence-corrected chi connectivity index (χ0v) is 12.7. The SMILES string of the molecule is CC(=O)OC[C@@H]1C[C@@H](Oc2ccc(C(F)(F)F)cc2)CN1C(=O)O. The van der Waals surface area contributed by atoms with E-state index in [1.165, 1.54) is 19.1 Å². The molecular formula is C15H16F3NO5. The van der Waals surface area contributed by atoms with Gasteiger partial charge in [-0.15, -0.1) is 0 Å². The van der Waals surface area contributed by atoms with Crippen LogP contribution in [0.5, 0.6) is 5.75 Å². The topological polar surface area (TPSA) is 76.1 Å². The van der Waals surface area contributed by atoms with E-state index in [-0.39, 0.29) is 25.3 Å². The summed E-state index contributed by atoms with van der Waals surface area (Å²) in [5.41, 5.74) is -0.791. The van der Waals surface area contributed by atoms with E-state index in [1.807, 2.05) is 0 Å². The molecule has 1 amide bonds. The number of benzene rings is 1. The number of carbonyl (C=O) groups is 2. The number of amides is 1. The summed E-state index contributed by atoms with van der Waals surface area (Å²) < 4.78 is 47.9. The van der Waals surface area contributed by atoms with Crippen LogP contribution < -0.4 is 4.74 Å². The van der Waals surface area contributed by atoms with Gasteiger partial charge in [-0.3, -0.25) is 9.69 Å². The van der Waals surface area contributed by atoms with Crippen molar-refractivity contribution in [1.29, 1.82) is 0 Å². The minimum absolute atomic E-state index is 0.0439. The molecule has 1 heterocycles. The average Bonchev–Trinajstić information content (AvgIpc) is 2.88. The Morgan fingerprint density at radius 3 is 2.42 bits per heavy atom. The highest BCUT2D eigenvalue weighted by Gasteiger charge is 2.37. The van der Waals surface area contributed by atoms with Crippen LogP contribution in [0.4, 0.5) is 18.0 Å². The van der Waals surface area contributed by atoms with Gasteiger partial charge in [-0.1, -0.05) is 0 Å². The van der Waals surface area contributed by atoms with Crippen molar-refractivity contribution in [3.05, 3.63) is 29.8 Å². The molecule has 0 unspecified atom stereocenters. The van der Waals surface area contributed by atoms with E-state index in [4.69, 9.17) is 14.6 Å². The molecule has 0 bridgehead atoms. The summed E-state index contributed by atoms with van der Waals surface area (Å²) in [6.07, 6.45) is -5.86. The van der Waals surface area contributed by atoms with Crippen LogP contribution in [0.3, 0.4) is 0 Å². The molecule has 0 saturated carbocycles. The van der Waals surface area contributed by atoms with Gasteiger partial charge in [-0.25, -0.2) is 4.79 Å². The summed E-state index contributed by atoms with van der Waals surface area (Å²) in [6.45, 7) is 1.17. The van der Waals surface area contributed by atoms with Crippen LogP contribution in [0.1, 0.15) is 18.9 Å². The van der Waals surface area contributed by atoms with Crippen molar-refractivity contribution in [3.63, 3.8) is 0 Å². The lowest BCUT2D eigenvalue weighted by Gasteiger charge is -2.20. The Kier molecular flexibility index (Phi) is 5.20. The molecule has 0 radical (unpaired) electrons. The first-order chi connectivity index (χ1) is 11.2. The Balaban J connectivity index is 2.00. The second-order valence-corrected chi connectivity index (χ2v) is 5.39. The van der Waals surface area contributed by atoms with Crippen molar-refractivity contribution in [2.45, 2.75) is 31.7 Å². The molecule has 132 valence electrons. The minimum Gasteiger partial charge on any atom is -0.489 e. The second kappa shape index (κ2) is 6.98. The van der Waals surface area contributed by atoms with Gasteiger partial charge in [-0.2, -0.15) is 13.2 Å². The number of likely N-dealkylation sites (tertiary alicyclic amines) is 1. The first kappa shape index (κ1) is 17.9. The first-order valence-electron chi connectivity index (χ1n) is 7.13. The predicted octanol–water partition coefficient (Wildman–Crippen LogP) is 2.77. The van der Waals surface area contributed by atoms with Gasteiger partial charge in [0.15, 0.2) is 0 Å².